The van der Waals surface area contributed by atoms with Crippen LogP contribution in [0.25, 0.3) is 0 Å². The van der Waals surface area contributed by atoms with Gasteiger partial charge in [-0.2, -0.15) is 0 Å². The van der Waals surface area contributed by atoms with Gasteiger partial charge in [0.05, 0.1) is 0 Å². The maximum atomic E-state index is 6.43. The first-order valence-electron chi connectivity index (χ1n) is 13.7. The summed E-state index contributed by atoms with van der Waals surface area (Å²) in [4.78, 5) is 10.4. The van der Waals surface area contributed by atoms with Gasteiger partial charge in [-0.15, -0.1) is 0 Å². The first kappa shape index (κ1) is 24.1. The molecule has 204 valence electrons. The molecule has 0 unspecified atom stereocenters. The minimum atomic E-state index is -0.622. The molecule has 6 bridgehead atoms. The molecule has 0 atom stereocenters. The molecule has 0 N–H and O–H groups in total. The Morgan fingerprint density at radius 3 is 1.45 bits per heavy atom. The van der Waals surface area contributed by atoms with E-state index in [0.717, 1.165) is 24.2 Å². The number of para-hydroxylation sites is 4. The van der Waals surface area contributed by atoms with Crippen molar-refractivity contribution in [3.63, 3.8) is 0 Å². The van der Waals surface area contributed by atoms with Gasteiger partial charge in [-0.1, -0.05) is 0 Å². The van der Waals surface area contributed by atoms with Crippen LogP contribution in [0.15, 0.2) is 84.9 Å². The molecule has 4 aromatic carbocycles. The molecule has 0 amide bonds. The average molecular weight is 706 g/mol. The van der Waals surface area contributed by atoms with Crippen LogP contribution in [0.1, 0.15) is 38.8 Å². The summed E-state index contributed by atoms with van der Waals surface area (Å²) < 4.78 is 9.25. The van der Waals surface area contributed by atoms with Crippen LogP contribution in [0.3, 0.4) is 0 Å². The number of fused-ring (bicyclic) bond motifs is 10. The molecule has 4 aromatic rings. The number of anilines is 4. The summed E-state index contributed by atoms with van der Waals surface area (Å²) in [7, 11) is 0. The molecule has 4 aliphatic heterocycles. The van der Waals surface area contributed by atoms with E-state index in [1.807, 2.05) is 12.1 Å². The Balaban J connectivity index is 1.49. The van der Waals surface area contributed by atoms with Gasteiger partial charge in [0.1, 0.15) is 0 Å². The van der Waals surface area contributed by atoms with Gasteiger partial charge in [0.25, 0.3) is 0 Å². The van der Waals surface area contributed by atoms with Crippen molar-refractivity contribution in [3.05, 3.63) is 108 Å². The van der Waals surface area contributed by atoms with Gasteiger partial charge in [0.2, 0.25) is 0 Å². The van der Waals surface area contributed by atoms with Crippen LogP contribution in [-0.4, -0.2) is 21.4 Å². The Morgan fingerprint density at radius 1 is 0.575 bits per heavy atom. The molecule has 0 saturated carbocycles. The first-order chi connectivity index (χ1) is 19.3. The predicted octanol–water partition coefficient (Wildman–Crippen LogP) is 6.49. The van der Waals surface area contributed by atoms with E-state index in [0.29, 0.717) is 11.5 Å². The number of benzene rings is 4. The van der Waals surface area contributed by atoms with E-state index in [-0.39, 0.29) is 11.1 Å². The molecule has 6 heteroatoms. The zero-order valence-corrected chi connectivity index (χ0v) is 25.3. The zero-order chi connectivity index (χ0) is 27.2. The Hall–Kier alpha value is -3.69. The fourth-order valence-electron chi connectivity index (χ4n) is 6.32. The maximum absolute atomic E-state index is 6.43. The van der Waals surface area contributed by atoms with Crippen LogP contribution in [0.4, 0.5) is 22.7 Å². The normalized spacial score (nSPS) is 19.7. The van der Waals surface area contributed by atoms with E-state index >= 15 is 0 Å². The molecule has 0 spiro atoms. The second-order valence-electron chi connectivity index (χ2n) is 11.6. The standard InChI is InChI=1S/C34H30N4O.Pt/c1-33(2)25-11-9-13-27(21-25)39-28-14-10-12-26(22-28)34(3,4)38-24-36(30-16-6-8-18-32(30)38)20-19-35-23-37(33)31-17-7-5-15-29(31)35;/h5-18H,19-20H2,1-4H3;/q-2;. The van der Waals surface area contributed by atoms with Gasteiger partial charge < -0.3 is 0 Å². The summed E-state index contributed by atoms with van der Waals surface area (Å²) in [5, 5.41) is 0. The van der Waals surface area contributed by atoms with E-state index < -0.39 is 17.6 Å². The van der Waals surface area contributed by atoms with Crippen LogP contribution in [0.5, 0.6) is 11.5 Å². The van der Waals surface area contributed by atoms with E-state index in [1.165, 1.54) is 31.0 Å². The van der Waals surface area contributed by atoms with E-state index in [9.17, 15) is 0 Å². The number of ether oxygens (including phenoxy) is 1. The number of rotatable bonds is 0. The molecule has 4 aliphatic rings. The Labute approximate surface area is 243 Å². The van der Waals surface area contributed by atoms with Crippen molar-refractivity contribution in [2.24, 2.45) is 0 Å². The van der Waals surface area contributed by atoms with Crippen LogP contribution in [-0.2, 0) is 28.7 Å². The third kappa shape index (κ3) is 3.31. The fourth-order valence-corrected chi connectivity index (χ4v) is 10.8. The van der Waals surface area contributed by atoms with E-state index in [4.69, 9.17) is 4.74 Å². The number of hydrogen-bond donors (Lipinski definition) is 0. The second-order valence-corrected chi connectivity index (χ2v) is 14.2. The van der Waals surface area contributed by atoms with Gasteiger partial charge in [-0.05, 0) is 0 Å². The van der Waals surface area contributed by atoms with Crippen molar-refractivity contribution in [3.8, 4) is 11.5 Å². The predicted molar refractivity (Wildman–Crippen MR) is 159 cm³/mol. The van der Waals surface area contributed by atoms with Gasteiger partial charge >= 0.3 is 245 Å². The average Bonchev–Trinajstić information content (AvgIpc) is 3.37. The molecule has 5 nitrogen and oxygen atoms in total. The molecule has 8 rings (SSSR count). The Kier molecular flexibility index (Phi) is 5.07. The van der Waals surface area contributed by atoms with Gasteiger partial charge in [0.15, 0.2) is 0 Å². The third-order valence-electron chi connectivity index (χ3n) is 8.46. The van der Waals surface area contributed by atoms with Crippen molar-refractivity contribution in [1.29, 1.82) is 0 Å². The van der Waals surface area contributed by atoms with Crippen molar-refractivity contribution in [2.45, 2.75) is 38.8 Å². The monoisotopic (exact) mass is 705 g/mol. The molecular formula is C34H30N4OPt-2. The summed E-state index contributed by atoms with van der Waals surface area (Å²) in [6, 6.07) is 37.6. The summed E-state index contributed by atoms with van der Waals surface area (Å²) in [6.07, 6.45) is 0. The molecule has 0 radical (unpaired) electrons. The van der Waals surface area contributed by atoms with Gasteiger partial charge in [0, 0.05) is 0 Å². The minimum absolute atomic E-state index is 0.350. The summed E-state index contributed by atoms with van der Waals surface area (Å²) in [5.74, 6) is 1.42. The van der Waals surface area contributed by atoms with Crippen molar-refractivity contribution in [2.75, 3.05) is 32.7 Å². The van der Waals surface area contributed by atoms with Gasteiger partial charge in [-0.3, -0.25) is 0 Å². The SMILES string of the molecule is CC1(C)c2[c-]c(ccc2)Oc2[c-]c(ccc2)C(C)(C)N2[C]3=[Pt]=[C]4N(CCN3c3ccccc32)c2ccccc2N41. The third-order valence-corrected chi connectivity index (χ3v) is 11.7. The molecule has 0 aliphatic carbocycles. The Morgan fingerprint density at radius 2 is 1.00 bits per heavy atom. The van der Waals surface area contributed by atoms with Crippen molar-refractivity contribution in [1.82, 2.24) is 0 Å². The quantitative estimate of drug-likeness (QED) is 0.195. The van der Waals surface area contributed by atoms with Crippen LogP contribution in [0.2, 0.25) is 0 Å². The molecule has 0 fully saturated rings. The van der Waals surface area contributed by atoms with Gasteiger partial charge in [-0.25, -0.2) is 0 Å². The molecule has 0 saturated heterocycles. The van der Waals surface area contributed by atoms with E-state index in [1.54, 1.807) is 0 Å². The summed E-state index contributed by atoms with van der Waals surface area (Å²) >= 11 is -0.622. The number of hydrogen-bond acceptors (Lipinski definition) is 5. The topological polar surface area (TPSA) is 22.2 Å². The Bertz CT molecular complexity index is 1640. The molecule has 4 heterocycles. The molecular weight excluding hydrogens is 675 g/mol. The van der Waals surface area contributed by atoms with Crippen LogP contribution < -0.4 is 24.3 Å². The molecule has 0 aromatic heterocycles. The first-order valence-corrected chi connectivity index (χ1v) is 16.0. The number of nitrogens with zero attached hydrogens (tertiary/aromatic N) is 4. The second kappa shape index (κ2) is 8.41. The van der Waals surface area contributed by atoms with E-state index in [2.05, 4.69) is 132 Å². The van der Waals surface area contributed by atoms with Crippen LogP contribution in [0, 0.1) is 12.1 Å². The van der Waals surface area contributed by atoms with Crippen LogP contribution >= 0.6 is 0 Å². The fraction of sp³-hybridized carbons (Fsp3) is 0.235. The summed E-state index contributed by atoms with van der Waals surface area (Å²) in [6.45, 7) is 11.1. The molecule has 40 heavy (non-hydrogen) atoms. The summed E-state index contributed by atoms with van der Waals surface area (Å²) in [5.41, 5.74) is 6.62. The van der Waals surface area contributed by atoms with Crippen molar-refractivity contribution >= 4 is 31.0 Å². The zero-order valence-electron chi connectivity index (χ0n) is 23.0. The van der Waals surface area contributed by atoms with Crippen molar-refractivity contribution < 1.29 is 22.4 Å².